The highest BCUT2D eigenvalue weighted by molar-refractivity contribution is 5.98. The predicted molar refractivity (Wildman–Crippen MR) is 86.6 cm³/mol. The Morgan fingerprint density at radius 3 is 3.04 bits per heavy atom. The number of pyridine rings is 1. The summed E-state index contributed by atoms with van der Waals surface area (Å²) in [5, 5.41) is 13.1. The van der Waals surface area contributed by atoms with Gasteiger partial charge in [-0.05, 0) is 0 Å². The highest BCUT2D eigenvalue weighted by Crippen LogP contribution is 2.24. The number of β-amino-alcohol motifs (C(OH)–C–C–N with tert-alkyl or cyclic N) is 1. The second kappa shape index (κ2) is 7.33. The highest BCUT2D eigenvalue weighted by Gasteiger charge is 2.29. The second-order valence-electron chi connectivity index (χ2n) is 6.00. The molecule has 2 N–H and O–H groups in total. The van der Waals surface area contributed by atoms with E-state index < -0.39 is 6.10 Å². The third-order valence-corrected chi connectivity index (χ3v) is 4.40. The first kappa shape index (κ1) is 16.9. The van der Waals surface area contributed by atoms with Crippen molar-refractivity contribution in [2.45, 2.75) is 19.1 Å². The monoisotopic (exact) mass is 337 g/mol. The molecule has 1 atom stereocenters. The number of amides is 1. The Bertz CT molecular complexity index is 672. The van der Waals surface area contributed by atoms with Crippen LogP contribution in [0.2, 0.25) is 0 Å². The lowest BCUT2D eigenvalue weighted by Gasteiger charge is -2.25. The first-order chi connectivity index (χ1) is 11.6. The molecule has 2 aliphatic rings. The van der Waals surface area contributed by atoms with Gasteiger partial charge in [-0.2, -0.15) is 0 Å². The van der Waals surface area contributed by atoms with Gasteiger partial charge in [0.05, 0.1) is 26.4 Å². The van der Waals surface area contributed by atoms with Gasteiger partial charge in [0.1, 0.15) is 11.3 Å². The molecule has 1 unspecified atom stereocenters. The molecule has 1 aromatic heterocycles. The number of methoxy groups -OCH3 is 1. The van der Waals surface area contributed by atoms with Gasteiger partial charge in [0.2, 0.25) is 0 Å². The van der Waals surface area contributed by atoms with Crippen LogP contribution >= 0.6 is 0 Å². The molecule has 8 heteroatoms. The van der Waals surface area contributed by atoms with E-state index >= 15 is 0 Å². The number of carbonyl (C=O) groups is 1. The quantitative estimate of drug-likeness (QED) is 0.707. The van der Waals surface area contributed by atoms with E-state index in [4.69, 9.17) is 9.47 Å². The van der Waals surface area contributed by atoms with E-state index in [1.807, 2.05) is 0 Å². The molecule has 0 aromatic carbocycles. The Kier molecular flexibility index (Phi) is 5.17. The van der Waals surface area contributed by atoms with Gasteiger partial charge in [0.25, 0.3) is 11.5 Å². The summed E-state index contributed by atoms with van der Waals surface area (Å²) in [6, 6.07) is 1.37. The van der Waals surface area contributed by atoms with Gasteiger partial charge in [-0.25, -0.2) is 0 Å². The summed E-state index contributed by atoms with van der Waals surface area (Å²) in [5.74, 6) is 0.0554. The van der Waals surface area contributed by atoms with Gasteiger partial charge < -0.3 is 29.4 Å². The molecule has 1 amide bonds. The average molecular weight is 337 g/mol. The van der Waals surface area contributed by atoms with E-state index in [0.717, 1.165) is 0 Å². The lowest BCUT2D eigenvalue weighted by atomic mass is 10.1. The Labute approximate surface area is 140 Å². The highest BCUT2D eigenvalue weighted by atomic mass is 16.5. The maximum atomic E-state index is 13.1. The number of nitrogens with zero attached hydrogens (tertiary/aromatic N) is 2. The lowest BCUT2D eigenvalue weighted by Crippen LogP contribution is -2.39. The molecule has 2 aliphatic heterocycles. The molecule has 0 spiro atoms. The Balaban J connectivity index is 2.05. The van der Waals surface area contributed by atoms with Gasteiger partial charge in [-0.3, -0.25) is 9.59 Å². The third kappa shape index (κ3) is 3.31. The fraction of sp³-hybridized carbons (Fsp3) is 0.625. The molecule has 132 valence electrons. The minimum atomic E-state index is -0.714. The predicted octanol–water partition coefficient (Wildman–Crippen LogP) is -1.16. The van der Waals surface area contributed by atoms with Crippen LogP contribution < -0.4 is 15.6 Å². The Morgan fingerprint density at radius 1 is 1.42 bits per heavy atom. The van der Waals surface area contributed by atoms with Crippen molar-refractivity contribution in [1.29, 1.82) is 0 Å². The summed E-state index contributed by atoms with van der Waals surface area (Å²) < 4.78 is 12.3. The van der Waals surface area contributed by atoms with Crippen LogP contribution in [0.5, 0.6) is 5.75 Å². The van der Waals surface area contributed by atoms with Crippen molar-refractivity contribution in [1.82, 2.24) is 14.8 Å². The second-order valence-corrected chi connectivity index (χ2v) is 6.00. The molecule has 3 rings (SSSR count). The number of aromatic nitrogens is 1. The molecule has 3 heterocycles. The zero-order valence-corrected chi connectivity index (χ0v) is 13.8. The van der Waals surface area contributed by atoms with Gasteiger partial charge in [0, 0.05) is 50.9 Å². The molecule has 0 aliphatic carbocycles. The maximum absolute atomic E-state index is 13.1. The van der Waals surface area contributed by atoms with Crippen molar-refractivity contribution < 1.29 is 19.4 Å². The summed E-state index contributed by atoms with van der Waals surface area (Å²) in [5.41, 5.74) is 0.935. The van der Waals surface area contributed by atoms with Crippen molar-refractivity contribution in [2.75, 3.05) is 46.5 Å². The largest absolute Gasteiger partial charge is 0.496 e. The summed E-state index contributed by atoms with van der Waals surface area (Å²) >= 11 is 0. The molecule has 0 bridgehead atoms. The van der Waals surface area contributed by atoms with E-state index in [1.165, 1.54) is 13.2 Å². The van der Waals surface area contributed by atoms with Crippen LogP contribution in [0.25, 0.3) is 0 Å². The summed E-state index contributed by atoms with van der Waals surface area (Å²) in [6.07, 6.45) is -0.144. The molecule has 24 heavy (non-hydrogen) atoms. The van der Waals surface area contributed by atoms with Crippen molar-refractivity contribution >= 4 is 5.91 Å². The lowest BCUT2D eigenvalue weighted by molar-refractivity contribution is 0.0533. The van der Waals surface area contributed by atoms with Crippen molar-refractivity contribution in [3.05, 3.63) is 27.7 Å². The van der Waals surface area contributed by atoms with E-state index in [9.17, 15) is 14.7 Å². The summed E-state index contributed by atoms with van der Waals surface area (Å²) in [6.45, 7) is 3.10. The topological polar surface area (TPSA) is 93.0 Å². The van der Waals surface area contributed by atoms with Crippen LogP contribution in [-0.2, 0) is 17.7 Å². The van der Waals surface area contributed by atoms with Gasteiger partial charge in [0.15, 0.2) is 0 Å². The summed E-state index contributed by atoms with van der Waals surface area (Å²) in [7, 11) is 1.46. The van der Waals surface area contributed by atoms with Gasteiger partial charge >= 0.3 is 0 Å². The fourth-order valence-electron chi connectivity index (χ4n) is 3.23. The number of ether oxygens (including phenoxy) is 2. The van der Waals surface area contributed by atoms with Crippen LogP contribution in [0, 0.1) is 0 Å². The van der Waals surface area contributed by atoms with Crippen LogP contribution in [0.1, 0.15) is 16.1 Å². The minimum absolute atomic E-state index is 0.165. The summed E-state index contributed by atoms with van der Waals surface area (Å²) in [4.78, 5) is 27.0. The zero-order valence-electron chi connectivity index (χ0n) is 13.8. The molecular formula is C16H23N3O5. The van der Waals surface area contributed by atoms with Gasteiger partial charge in [-0.15, -0.1) is 0 Å². The number of nitrogens with one attached hydrogen (secondary N) is 1. The molecule has 1 aromatic rings. The first-order valence-electron chi connectivity index (χ1n) is 8.18. The van der Waals surface area contributed by atoms with E-state index in [-0.39, 0.29) is 30.4 Å². The average Bonchev–Trinajstić information content (AvgIpc) is 2.94. The van der Waals surface area contributed by atoms with Crippen LogP contribution in [0.3, 0.4) is 0 Å². The van der Waals surface area contributed by atoms with Crippen LogP contribution in [-0.4, -0.2) is 73.1 Å². The number of aliphatic hydroxyl groups is 1. The van der Waals surface area contributed by atoms with E-state index in [0.29, 0.717) is 50.5 Å². The van der Waals surface area contributed by atoms with Crippen molar-refractivity contribution in [2.24, 2.45) is 0 Å². The molecular weight excluding hydrogens is 314 g/mol. The standard InChI is InChI=1S/C16H23N3O5/c1-23-13-8-14(21)19-5-4-17-3-2-12(19)15(13)16(22)18-6-7-24-10-11(20)9-18/h8,11,17,20H,2-7,9-10H2,1H3. The zero-order chi connectivity index (χ0) is 17.1. The Hall–Kier alpha value is -1.90. The van der Waals surface area contributed by atoms with Gasteiger partial charge in [-0.1, -0.05) is 0 Å². The number of hydrogen-bond donors (Lipinski definition) is 2. The fourth-order valence-corrected chi connectivity index (χ4v) is 3.23. The third-order valence-electron chi connectivity index (χ3n) is 4.40. The molecule has 0 radical (unpaired) electrons. The number of fused-ring (bicyclic) bond motifs is 1. The van der Waals surface area contributed by atoms with Crippen LogP contribution in [0.4, 0.5) is 0 Å². The smallest absolute Gasteiger partial charge is 0.259 e. The minimum Gasteiger partial charge on any atom is -0.496 e. The Morgan fingerprint density at radius 2 is 2.25 bits per heavy atom. The molecule has 1 saturated heterocycles. The maximum Gasteiger partial charge on any atom is 0.259 e. The van der Waals surface area contributed by atoms with Crippen LogP contribution in [0.15, 0.2) is 10.9 Å². The van der Waals surface area contributed by atoms with E-state index in [1.54, 1.807) is 9.47 Å². The molecule has 1 fully saturated rings. The molecule has 8 nitrogen and oxygen atoms in total. The van der Waals surface area contributed by atoms with Crippen molar-refractivity contribution in [3.8, 4) is 5.75 Å². The number of hydrogen-bond acceptors (Lipinski definition) is 6. The van der Waals surface area contributed by atoms with E-state index in [2.05, 4.69) is 5.32 Å². The number of rotatable bonds is 2. The normalized spacial score (nSPS) is 21.6. The first-order valence-corrected chi connectivity index (χ1v) is 8.18. The number of aliphatic hydroxyl groups excluding tert-OH is 1. The molecule has 0 saturated carbocycles. The number of carbonyl (C=O) groups excluding carboxylic acids is 1. The van der Waals surface area contributed by atoms with Crippen molar-refractivity contribution in [3.63, 3.8) is 0 Å². The SMILES string of the molecule is COc1cc(=O)n2c(c1C(=O)N1CCOCC(O)C1)CCNCC2.